The van der Waals surface area contributed by atoms with Crippen LogP contribution in [0.5, 0.6) is 5.75 Å². The Balaban J connectivity index is 1.29. The molecule has 1 heterocycles. The Morgan fingerprint density at radius 3 is 2.39 bits per heavy atom. The van der Waals surface area contributed by atoms with Crippen LogP contribution in [-0.4, -0.2) is 36.0 Å². The van der Waals surface area contributed by atoms with E-state index in [-0.39, 0.29) is 46.9 Å². The van der Waals surface area contributed by atoms with E-state index in [1.54, 1.807) is 16.8 Å². The number of alkyl halides is 3. The average Bonchev–Trinajstić information content (AvgIpc) is 3.19. The smallest absolute Gasteiger partial charge is 0.469 e. The summed E-state index contributed by atoms with van der Waals surface area (Å²) in [7, 11) is 1.38. The summed E-state index contributed by atoms with van der Waals surface area (Å²) in [5, 5.41) is 3.30. The molecule has 6 nitrogen and oxygen atoms in total. The summed E-state index contributed by atoms with van der Waals surface area (Å²) < 4.78 is 62.1. The summed E-state index contributed by atoms with van der Waals surface area (Å²) >= 11 is 0. The Bertz CT molecular complexity index is 1300. The van der Waals surface area contributed by atoms with Crippen LogP contribution in [-0.2, 0) is 16.1 Å². The van der Waals surface area contributed by atoms with Crippen molar-refractivity contribution in [2.45, 2.75) is 44.6 Å². The lowest BCUT2D eigenvalue weighted by Crippen LogP contribution is -2.57. The molecule has 1 amide bonds. The van der Waals surface area contributed by atoms with Gasteiger partial charge in [-0.15, -0.1) is 13.2 Å². The molecule has 2 aliphatic carbocycles. The van der Waals surface area contributed by atoms with Gasteiger partial charge in [-0.3, -0.25) is 9.59 Å². The van der Waals surface area contributed by atoms with Crippen molar-refractivity contribution in [3.63, 3.8) is 0 Å². The van der Waals surface area contributed by atoms with Gasteiger partial charge in [0.25, 0.3) is 5.91 Å². The zero-order valence-electron chi connectivity index (χ0n) is 19.4. The number of rotatable bonds is 6. The number of carbonyl (C=O) groups is 2. The minimum absolute atomic E-state index is 0.0270. The first kappa shape index (κ1) is 24.1. The van der Waals surface area contributed by atoms with Gasteiger partial charge in [0, 0.05) is 24.2 Å². The highest BCUT2D eigenvalue weighted by Gasteiger charge is 2.55. The molecule has 2 aliphatic rings. The van der Waals surface area contributed by atoms with E-state index < -0.39 is 12.2 Å². The largest absolute Gasteiger partial charge is 0.573 e. The lowest BCUT2D eigenvalue weighted by molar-refractivity contribution is -0.274. The Labute approximate surface area is 204 Å². The molecular weight excluding hydrogens is 480 g/mol. The molecule has 2 fully saturated rings. The molecule has 0 aliphatic heterocycles. The van der Waals surface area contributed by atoms with Gasteiger partial charge in [0.15, 0.2) is 0 Å². The van der Waals surface area contributed by atoms with Crippen LogP contribution in [0.2, 0.25) is 0 Å². The highest BCUT2D eigenvalue weighted by Crippen LogP contribution is 2.59. The van der Waals surface area contributed by atoms with E-state index in [1.807, 2.05) is 0 Å². The third-order valence-corrected chi connectivity index (χ3v) is 7.21. The number of hydrogen-bond acceptors (Lipinski definition) is 4. The number of benzene rings is 2. The van der Waals surface area contributed by atoms with Crippen LogP contribution in [0.4, 0.5) is 17.6 Å². The summed E-state index contributed by atoms with van der Waals surface area (Å²) in [4.78, 5) is 24.8. The first-order valence-corrected chi connectivity index (χ1v) is 11.6. The molecule has 0 unspecified atom stereocenters. The zero-order chi connectivity index (χ0) is 25.7. The van der Waals surface area contributed by atoms with Crippen LogP contribution in [0.3, 0.4) is 0 Å². The molecule has 0 atom stereocenters. The lowest BCUT2D eigenvalue weighted by atomic mass is 9.50. The van der Waals surface area contributed by atoms with E-state index in [9.17, 15) is 27.2 Å². The molecule has 2 saturated carbocycles. The minimum atomic E-state index is -4.78. The molecule has 190 valence electrons. The topological polar surface area (TPSA) is 69.6 Å². The van der Waals surface area contributed by atoms with E-state index in [1.165, 1.54) is 43.5 Å². The van der Waals surface area contributed by atoms with Gasteiger partial charge >= 0.3 is 12.3 Å². The summed E-state index contributed by atoms with van der Waals surface area (Å²) in [6.45, 7) is 0.223. The first-order chi connectivity index (χ1) is 17.1. The molecule has 3 aromatic rings. The van der Waals surface area contributed by atoms with Gasteiger partial charge < -0.3 is 19.4 Å². The van der Waals surface area contributed by atoms with Crippen molar-refractivity contribution < 1.29 is 36.6 Å². The third kappa shape index (κ3) is 4.64. The average molecular weight is 504 g/mol. The maximum absolute atomic E-state index is 14.5. The van der Waals surface area contributed by atoms with Crippen molar-refractivity contribution in [3.8, 4) is 5.75 Å². The SMILES string of the molecule is COC(=O)C1CC2(CC(NC(=O)c3ccc(F)c4ccn(Cc5ccc(OC(F)(F)F)cc5)c34)C2)C1. The summed E-state index contributed by atoms with van der Waals surface area (Å²) in [5.41, 5.74) is 1.46. The number of aromatic nitrogens is 1. The fourth-order valence-corrected chi connectivity index (χ4v) is 5.60. The van der Waals surface area contributed by atoms with Gasteiger partial charge in [-0.05, 0) is 67.0 Å². The Morgan fingerprint density at radius 1 is 1.06 bits per heavy atom. The maximum Gasteiger partial charge on any atom is 0.573 e. The molecule has 1 aromatic heterocycles. The van der Waals surface area contributed by atoms with Gasteiger partial charge in [-0.25, -0.2) is 4.39 Å². The number of amides is 1. The second kappa shape index (κ2) is 8.83. The van der Waals surface area contributed by atoms with Gasteiger partial charge in [-0.1, -0.05) is 12.1 Å². The Morgan fingerprint density at radius 2 is 1.75 bits per heavy atom. The number of hydrogen-bond donors (Lipinski definition) is 1. The molecule has 5 rings (SSSR count). The monoisotopic (exact) mass is 504 g/mol. The number of nitrogens with zero attached hydrogens (tertiary/aromatic N) is 1. The molecule has 2 aromatic carbocycles. The van der Waals surface area contributed by atoms with Gasteiger partial charge in [-0.2, -0.15) is 0 Å². The minimum Gasteiger partial charge on any atom is -0.469 e. The number of nitrogens with one attached hydrogen (secondary N) is 1. The maximum atomic E-state index is 14.5. The van der Waals surface area contributed by atoms with Crippen LogP contribution in [0, 0.1) is 17.2 Å². The van der Waals surface area contributed by atoms with E-state index in [4.69, 9.17) is 4.74 Å². The van der Waals surface area contributed by atoms with Gasteiger partial charge in [0.2, 0.25) is 0 Å². The van der Waals surface area contributed by atoms with Crippen LogP contribution in [0.25, 0.3) is 10.9 Å². The highest BCUT2D eigenvalue weighted by atomic mass is 19.4. The number of fused-ring (bicyclic) bond motifs is 1. The van der Waals surface area contributed by atoms with E-state index in [0.717, 1.165) is 25.7 Å². The molecule has 36 heavy (non-hydrogen) atoms. The second-order valence-corrected chi connectivity index (χ2v) is 9.70. The number of ether oxygens (including phenoxy) is 2. The summed E-state index contributed by atoms with van der Waals surface area (Å²) in [5.74, 6) is -1.39. The molecule has 10 heteroatoms. The van der Waals surface area contributed by atoms with Crippen LogP contribution in [0.15, 0.2) is 48.7 Å². The third-order valence-electron chi connectivity index (χ3n) is 7.21. The van der Waals surface area contributed by atoms with E-state index >= 15 is 0 Å². The van der Waals surface area contributed by atoms with Crippen LogP contribution < -0.4 is 10.1 Å². The first-order valence-electron chi connectivity index (χ1n) is 11.6. The highest BCUT2D eigenvalue weighted by molar-refractivity contribution is 6.06. The predicted octanol–water partition coefficient (Wildman–Crippen LogP) is 5.19. The van der Waals surface area contributed by atoms with Crippen LogP contribution in [0.1, 0.15) is 41.6 Å². The molecule has 1 spiro atoms. The molecule has 0 saturated heterocycles. The molecule has 0 radical (unpaired) electrons. The molecular formula is C26H24F4N2O4. The van der Waals surface area contributed by atoms with Crippen molar-refractivity contribution >= 4 is 22.8 Å². The van der Waals surface area contributed by atoms with Crippen molar-refractivity contribution in [3.05, 3.63) is 65.6 Å². The normalized spacial score (nSPS) is 23.1. The van der Waals surface area contributed by atoms with Crippen molar-refractivity contribution in [1.29, 1.82) is 0 Å². The predicted molar refractivity (Wildman–Crippen MR) is 122 cm³/mol. The number of carbonyl (C=O) groups excluding carboxylic acids is 2. The standard InChI is InChI=1S/C26H24F4N2O4/c1-35-24(34)16-10-25(11-16)12-17(13-25)31-23(33)20-6-7-21(27)19-8-9-32(22(19)20)14-15-2-4-18(5-3-15)36-26(28,29)30/h2-9,16-17H,10-14H2,1H3,(H,31,33). The molecule has 0 bridgehead atoms. The number of esters is 1. The Kier molecular flexibility index (Phi) is 5.92. The fourth-order valence-electron chi connectivity index (χ4n) is 5.60. The van der Waals surface area contributed by atoms with Crippen molar-refractivity contribution in [2.24, 2.45) is 11.3 Å². The fraction of sp³-hybridized carbons (Fsp3) is 0.385. The molecule has 1 N–H and O–H groups in total. The summed E-state index contributed by atoms with van der Waals surface area (Å²) in [6, 6.07) is 9.62. The van der Waals surface area contributed by atoms with Crippen LogP contribution >= 0.6 is 0 Å². The quantitative estimate of drug-likeness (QED) is 0.371. The second-order valence-electron chi connectivity index (χ2n) is 9.70. The van der Waals surface area contributed by atoms with E-state index in [0.29, 0.717) is 16.6 Å². The van der Waals surface area contributed by atoms with Crippen molar-refractivity contribution in [1.82, 2.24) is 9.88 Å². The van der Waals surface area contributed by atoms with E-state index in [2.05, 4.69) is 10.1 Å². The van der Waals surface area contributed by atoms with Gasteiger partial charge in [0.1, 0.15) is 11.6 Å². The van der Waals surface area contributed by atoms with Crippen molar-refractivity contribution in [2.75, 3.05) is 7.11 Å². The number of halogens is 4. The Hall–Kier alpha value is -3.56. The van der Waals surface area contributed by atoms with Gasteiger partial charge in [0.05, 0.1) is 24.1 Å². The number of methoxy groups -OCH3 is 1. The zero-order valence-corrected chi connectivity index (χ0v) is 19.4. The summed E-state index contributed by atoms with van der Waals surface area (Å²) in [6.07, 6.45) is -0.0388. The lowest BCUT2D eigenvalue weighted by Gasteiger charge is -2.56.